The zero-order valence-corrected chi connectivity index (χ0v) is 11.6. The van der Waals surface area contributed by atoms with Gasteiger partial charge in [0.1, 0.15) is 5.76 Å². The van der Waals surface area contributed by atoms with E-state index in [9.17, 15) is 0 Å². The SMILES string of the molecule is NCC1CCCN1Cc1cc(Br)c(Br)o1. The van der Waals surface area contributed by atoms with Gasteiger partial charge in [-0.25, -0.2) is 0 Å². The first-order chi connectivity index (χ1) is 7.20. The molecule has 2 rings (SSSR count). The molecule has 1 aliphatic rings. The van der Waals surface area contributed by atoms with Crippen LogP contribution in [0.5, 0.6) is 0 Å². The molecular formula is C10H14Br2N2O. The van der Waals surface area contributed by atoms with Crippen LogP contribution in [0.25, 0.3) is 0 Å². The molecule has 0 aromatic carbocycles. The van der Waals surface area contributed by atoms with E-state index in [0.717, 1.165) is 34.5 Å². The van der Waals surface area contributed by atoms with Crippen molar-refractivity contribution in [1.29, 1.82) is 0 Å². The fraction of sp³-hybridized carbons (Fsp3) is 0.600. The normalized spacial score (nSPS) is 22.5. The number of halogens is 2. The van der Waals surface area contributed by atoms with Crippen LogP contribution in [0.3, 0.4) is 0 Å². The zero-order chi connectivity index (χ0) is 10.8. The summed E-state index contributed by atoms with van der Waals surface area (Å²) < 4.78 is 7.29. The van der Waals surface area contributed by atoms with Crippen molar-refractivity contribution >= 4 is 31.9 Å². The molecule has 0 amide bonds. The van der Waals surface area contributed by atoms with Crippen LogP contribution in [-0.2, 0) is 6.54 Å². The molecule has 1 saturated heterocycles. The highest BCUT2D eigenvalue weighted by atomic mass is 79.9. The van der Waals surface area contributed by atoms with E-state index >= 15 is 0 Å². The minimum absolute atomic E-state index is 0.521. The van der Waals surface area contributed by atoms with Gasteiger partial charge in [0.15, 0.2) is 4.67 Å². The van der Waals surface area contributed by atoms with Crippen LogP contribution in [0.15, 0.2) is 19.6 Å². The van der Waals surface area contributed by atoms with E-state index in [1.54, 1.807) is 0 Å². The van der Waals surface area contributed by atoms with Gasteiger partial charge in [-0.3, -0.25) is 4.90 Å². The van der Waals surface area contributed by atoms with Gasteiger partial charge < -0.3 is 10.2 Å². The molecule has 1 unspecified atom stereocenters. The van der Waals surface area contributed by atoms with Gasteiger partial charge in [0.05, 0.1) is 11.0 Å². The van der Waals surface area contributed by atoms with E-state index in [-0.39, 0.29) is 0 Å². The lowest BCUT2D eigenvalue weighted by Crippen LogP contribution is -2.34. The minimum atomic E-state index is 0.521. The van der Waals surface area contributed by atoms with Gasteiger partial charge in [-0.1, -0.05) is 0 Å². The Balaban J connectivity index is 2.02. The number of nitrogens with zero attached hydrogens (tertiary/aromatic N) is 1. The van der Waals surface area contributed by atoms with Crippen LogP contribution >= 0.6 is 31.9 Å². The molecule has 1 aromatic rings. The summed E-state index contributed by atoms with van der Waals surface area (Å²) in [5, 5.41) is 0. The topological polar surface area (TPSA) is 42.4 Å². The predicted octanol–water partition coefficient (Wildman–Crippen LogP) is 2.73. The average Bonchev–Trinajstić information content (AvgIpc) is 2.75. The smallest absolute Gasteiger partial charge is 0.183 e. The molecule has 1 aromatic heterocycles. The zero-order valence-electron chi connectivity index (χ0n) is 8.38. The summed E-state index contributed by atoms with van der Waals surface area (Å²) in [7, 11) is 0. The number of furan rings is 1. The fourth-order valence-corrected chi connectivity index (χ4v) is 2.70. The summed E-state index contributed by atoms with van der Waals surface area (Å²) in [6, 6.07) is 2.53. The second-order valence-corrected chi connectivity index (χ2v) is 5.41. The van der Waals surface area contributed by atoms with Crippen LogP contribution < -0.4 is 5.73 Å². The Hall–Kier alpha value is 0.160. The van der Waals surface area contributed by atoms with Crippen molar-refractivity contribution in [2.24, 2.45) is 5.73 Å². The summed E-state index contributed by atoms with van der Waals surface area (Å²) >= 11 is 6.75. The van der Waals surface area contributed by atoms with Crippen LogP contribution in [-0.4, -0.2) is 24.0 Å². The molecule has 0 bridgehead atoms. The van der Waals surface area contributed by atoms with Crippen LogP contribution in [0.4, 0.5) is 0 Å². The average molecular weight is 338 g/mol. The van der Waals surface area contributed by atoms with E-state index in [2.05, 4.69) is 36.8 Å². The molecule has 0 aliphatic carbocycles. The summed E-state index contributed by atoms with van der Waals surface area (Å²) in [5.74, 6) is 0.981. The van der Waals surface area contributed by atoms with Crippen molar-refractivity contribution in [1.82, 2.24) is 4.90 Å². The van der Waals surface area contributed by atoms with Crippen molar-refractivity contribution in [3.8, 4) is 0 Å². The summed E-state index contributed by atoms with van der Waals surface area (Å²) in [6.07, 6.45) is 2.45. The largest absolute Gasteiger partial charge is 0.452 e. The summed E-state index contributed by atoms with van der Waals surface area (Å²) in [5.41, 5.74) is 5.72. The molecular weight excluding hydrogens is 324 g/mol. The molecule has 2 heterocycles. The van der Waals surface area contributed by atoms with Gasteiger partial charge in [-0.2, -0.15) is 0 Å². The third-order valence-electron chi connectivity index (χ3n) is 2.83. The van der Waals surface area contributed by atoms with Crippen molar-refractivity contribution in [3.63, 3.8) is 0 Å². The van der Waals surface area contributed by atoms with E-state index < -0.39 is 0 Å². The maximum absolute atomic E-state index is 5.72. The van der Waals surface area contributed by atoms with Gasteiger partial charge >= 0.3 is 0 Å². The third-order valence-corrected chi connectivity index (χ3v) is 4.54. The second kappa shape index (κ2) is 4.99. The van der Waals surface area contributed by atoms with Crippen molar-refractivity contribution < 1.29 is 4.42 Å². The van der Waals surface area contributed by atoms with Crippen LogP contribution in [0.2, 0.25) is 0 Å². The molecule has 0 radical (unpaired) electrons. The number of hydrogen-bond acceptors (Lipinski definition) is 3. The maximum atomic E-state index is 5.72. The first kappa shape index (κ1) is 11.6. The quantitative estimate of drug-likeness (QED) is 0.922. The van der Waals surface area contributed by atoms with E-state index in [1.165, 1.54) is 12.8 Å². The highest BCUT2D eigenvalue weighted by molar-refractivity contribution is 9.13. The maximum Gasteiger partial charge on any atom is 0.183 e. The third kappa shape index (κ3) is 2.64. The van der Waals surface area contributed by atoms with Gasteiger partial charge in [-0.15, -0.1) is 0 Å². The Morgan fingerprint density at radius 1 is 1.53 bits per heavy atom. The van der Waals surface area contributed by atoms with Crippen molar-refractivity contribution in [2.45, 2.75) is 25.4 Å². The number of nitrogens with two attached hydrogens (primary N) is 1. The Morgan fingerprint density at radius 2 is 2.33 bits per heavy atom. The van der Waals surface area contributed by atoms with Gasteiger partial charge in [0, 0.05) is 12.6 Å². The molecule has 1 aliphatic heterocycles. The van der Waals surface area contributed by atoms with Gasteiger partial charge in [0.25, 0.3) is 0 Å². The first-order valence-corrected chi connectivity index (χ1v) is 6.67. The number of hydrogen-bond donors (Lipinski definition) is 1. The predicted molar refractivity (Wildman–Crippen MR) is 66.6 cm³/mol. The Labute approximate surface area is 106 Å². The molecule has 0 spiro atoms. The monoisotopic (exact) mass is 336 g/mol. The molecule has 15 heavy (non-hydrogen) atoms. The molecule has 5 heteroatoms. The highest BCUT2D eigenvalue weighted by Gasteiger charge is 2.24. The van der Waals surface area contributed by atoms with Crippen molar-refractivity contribution in [3.05, 3.63) is 21.0 Å². The fourth-order valence-electron chi connectivity index (χ4n) is 2.04. The molecule has 3 nitrogen and oxygen atoms in total. The van der Waals surface area contributed by atoms with E-state index in [1.807, 2.05) is 6.07 Å². The first-order valence-electron chi connectivity index (χ1n) is 5.08. The van der Waals surface area contributed by atoms with Gasteiger partial charge in [0.2, 0.25) is 0 Å². The molecule has 2 N–H and O–H groups in total. The van der Waals surface area contributed by atoms with Crippen molar-refractivity contribution in [2.75, 3.05) is 13.1 Å². The van der Waals surface area contributed by atoms with E-state index in [0.29, 0.717) is 6.04 Å². The lowest BCUT2D eigenvalue weighted by atomic mass is 10.2. The van der Waals surface area contributed by atoms with Crippen LogP contribution in [0.1, 0.15) is 18.6 Å². The second-order valence-electron chi connectivity index (χ2n) is 3.84. The number of likely N-dealkylation sites (tertiary alicyclic amines) is 1. The highest BCUT2D eigenvalue weighted by Crippen LogP contribution is 2.28. The lowest BCUT2D eigenvalue weighted by molar-refractivity contribution is 0.229. The molecule has 1 atom stereocenters. The summed E-state index contributed by atoms with van der Waals surface area (Å²) in [4.78, 5) is 2.39. The van der Waals surface area contributed by atoms with Gasteiger partial charge in [-0.05, 0) is 57.3 Å². The molecule has 0 saturated carbocycles. The Morgan fingerprint density at radius 3 is 2.93 bits per heavy atom. The number of rotatable bonds is 3. The van der Waals surface area contributed by atoms with E-state index in [4.69, 9.17) is 10.2 Å². The molecule has 84 valence electrons. The Kier molecular flexibility index (Phi) is 3.88. The Bertz CT molecular complexity index is 321. The molecule has 1 fully saturated rings. The minimum Gasteiger partial charge on any atom is -0.452 e. The van der Waals surface area contributed by atoms with Crippen LogP contribution in [0, 0.1) is 0 Å². The summed E-state index contributed by atoms with van der Waals surface area (Å²) in [6.45, 7) is 2.72. The lowest BCUT2D eigenvalue weighted by Gasteiger charge is -2.21. The standard InChI is InChI=1S/C10H14Br2N2O/c11-9-4-8(15-10(9)12)6-14-3-1-2-7(14)5-13/h4,7H,1-3,5-6,13H2.